The molecule has 2 aromatic heterocycles. The van der Waals surface area contributed by atoms with E-state index in [0.29, 0.717) is 0 Å². The molecular formula is C8H8N2S. The number of rotatable bonds is 1. The van der Waals surface area contributed by atoms with Gasteiger partial charge in [0, 0.05) is 13.2 Å². The molecule has 0 saturated carbocycles. The summed E-state index contributed by atoms with van der Waals surface area (Å²) < 4.78 is 1.23. The second-order valence-corrected chi connectivity index (χ2v) is 3.16. The van der Waals surface area contributed by atoms with E-state index in [1.807, 2.05) is 25.4 Å². The third-order valence-corrected chi connectivity index (χ3v) is 2.55. The topological polar surface area (TPSA) is 24.9 Å². The van der Waals surface area contributed by atoms with Gasteiger partial charge >= 0.3 is 0 Å². The molecule has 0 spiro atoms. The third kappa shape index (κ3) is 0.973. The van der Waals surface area contributed by atoms with Crippen molar-refractivity contribution in [2.75, 3.05) is 12.4 Å². The number of anilines is 1. The van der Waals surface area contributed by atoms with E-state index in [-0.39, 0.29) is 0 Å². The molecule has 2 nitrogen and oxygen atoms in total. The molecule has 0 aliphatic rings. The summed E-state index contributed by atoms with van der Waals surface area (Å²) in [5.74, 6) is 0. The smallest absolute Gasteiger partial charge is 0.0830 e. The minimum Gasteiger partial charge on any atom is -0.387 e. The quantitative estimate of drug-likeness (QED) is 0.699. The first-order chi connectivity index (χ1) is 5.42. The number of nitrogens with one attached hydrogen (secondary N) is 1. The fourth-order valence-corrected chi connectivity index (χ4v) is 1.94. The number of aromatic nitrogens is 1. The van der Waals surface area contributed by atoms with Crippen LogP contribution in [0.1, 0.15) is 0 Å². The van der Waals surface area contributed by atoms with E-state index in [4.69, 9.17) is 0 Å². The summed E-state index contributed by atoms with van der Waals surface area (Å²) in [6.07, 6.45) is 1.82. The Kier molecular flexibility index (Phi) is 1.51. The van der Waals surface area contributed by atoms with Crippen LogP contribution in [0.25, 0.3) is 10.2 Å². The van der Waals surface area contributed by atoms with E-state index in [2.05, 4.69) is 15.7 Å². The van der Waals surface area contributed by atoms with Gasteiger partial charge in [-0.05, 0) is 17.5 Å². The SMILES string of the molecule is CNc1ccnc2ccsc12. The van der Waals surface area contributed by atoms with E-state index in [1.165, 1.54) is 4.70 Å². The summed E-state index contributed by atoms with van der Waals surface area (Å²) >= 11 is 1.71. The Bertz CT molecular complexity index is 367. The Morgan fingerprint density at radius 2 is 2.36 bits per heavy atom. The first-order valence-electron chi connectivity index (χ1n) is 3.42. The molecule has 2 rings (SSSR count). The van der Waals surface area contributed by atoms with Crippen LogP contribution in [0.15, 0.2) is 23.7 Å². The molecule has 0 aliphatic carbocycles. The number of nitrogens with zero attached hydrogens (tertiary/aromatic N) is 1. The highest BCUT2D eigenvalue weighted by molar-refractivity contribution is 7.17. The zero-order chi connectivity index (χ0) is 7.68. The molecule has 2 heterocycles. The zero-order valence-electron chi connectivity index (χ0n) is 6.16. The molecule has 0 saturated heterocycles. The first kappa shape index (κ1) is 6.61. The number of hydrogen-bond donors (Lipinski definition) is 1. The minimum absolute atomic E-state index is 1.07. The van der Waals surface area contributed by atoms with E-state index < -0.39 is 0 Å². The monoisotopic (exact) mass is 164 g/mol. The van der Waals surface area contributed by atoms with Crippen molar-refractivity contribution in [3.8, 4) is 0 Å². The normalized spacial score (nSPS) is 10.3. The maximum Gasteiger partial charge on any atom is 0.0830 e. The number of thiophene rings is 1. The van der Waals surface area contributed by atoms with Crippen molar-refractivity contribution in [2.45, 2.75) is 0 Å². The average Bonchev–Trinajstić information content (AvgIpc) is 2.50. The summed E-state index contributed by atoms with van der Waals surface area (Å²) in [6, 6.07) is 4.01. The fraction of sp³-hybridized carbons (Fsp3) is 0.125. The van der Waals surface area contributed by atoms with Crippen LogP contribution in [0.4, 0.5) is 5.69 Å². The van der Waals surface area contributed by atoms with Gasteiger partial charge in [-0.1, -0.05) is 0 Å². The van der Waals surface area contributed by atoms with Crippen LogP contribution in [0.3, 0.4) is 0 Å². The van der Waals surface area contributed by atoms with Crippen LogP contribution in [0, 0.1) is 0 Å². The highest BCUT2D eigenvalue weighted by Gasteiger charge is 1.99. The molecule has 0 radical (unpaired) electrons. The average molecular weight is 164 g/mol. The summed E-state index contributed by atoms with van der Waals surface area (Å²) in [5, 5.41) is 5.18. The Balaban J connectivity index is 2.79. The van der Waals surface area contributed by atoms with Gasteiger partial charge < -0.3 is 5.32 Å². The summed E-state index contributed by atoms with van der Waals surface area (Å²) in [5.41, 5.74) is 2.23. The molecule has 56 valence electrons. The van der Waals surface area contributed by atoms with Crippen molar-refractivity contribution in [1.82, 2.24) is 4.98 Å². The van der Waals surface area contributed by atoms with Crippen molar-refractivity contribution in [2.24, 2.45) is 0 Å². The molecule has 0 aliphatic heterocycles. The number of hydrogen-bond acceptors (Lipinski definition) is 3. The van der Waals surface area contributed by atoms with E-state index >= 15 is 0 Å². The molecule has 1 N–H and O–H groups in total. The molecule has 11 heavy (non-hydrogen) atoms. The van der Waals surface area contributed by atoms with Crippen LogP contribution in [0.5, 0.6) is 0 Å². The van der Waals surface area contributed by atoms with Gasteiger partial charge in [-0.3, -0.25) is 4.98 Å². The lowest BCUT2D eigenvalue weighted by atomic mass is 10.3. The molecule has 3 heteroatoms. The van der Waals surface area contributed by atoms with Gasteiger partial charge in [-0.25, -0.2) is 0 Å². The van der Waals surface area contributed by atoms with E-state index in [0.717, 1.165) is 11.2 Å². The highest BCUT2D eigenvalue weighted by Crippen LogP contribution is 2.25. The Hall–Kier alpha value is -1.09. The zero-order valence-corrected chi connectivity index (χ0v) is 6.98. The summed E-state index contributed by atoms with van der Waals surface area (Å²) in [6.45, 7) is 0. The maximum absolute atomic E-state index is 4.22. The molecule has 2 aromatic rings. The van der Waals surface area contributed by atoms with Gasteiger partial charge in [0.15, 0.2) is 0 Å². The van der Waals surface area contributed by atoms with Crippen molar-refractivity contribution in [3.05, 3.63) is 23.7 Å². The Labute approximate surface area is 68.9 Å². The van der Waals surface area contributed by atoms with Crippen LogP contribution < -0.4 is 5.32 Å². The van der Waals surface area contributed by atoms with Gasteiger partial charge in [-0.15, -0.1) is 11.3 Å². The molecule has 0 fully saturated rings. The molecule has 0 atom stereocenters. The molecule has 0 bridgehead atoms. The molecule has 0 aromatic carbocycles. The van der Waals surface area contributed by atoms with Crippen LogP contribution in [-0.4, -0.2) is 12.0 Å². The van der Waals surface area contributed by atoms with Gasteiger partial charge in [0.05, 0.1) is 15.9 Å². The fourth-order valence-electron chi connectivity index (χ4n) is 1.07. The lowest BCUT2D eigenvalue weighted by Crippen LogP contribution is -1.87. The number of fused-ring (bicyclic) bond motifs is 1. The second-order valence-electron chi connectivity index (χ2n) is 2.24. The van der Waals surface area contributed by atoms with Crippen molar-refractivity contribution in [1.29, 1.82) is 0 Å². The Morgan fingerprint density at radius 1 is 1.45 bits per heavy atom. The van der Waals surface area contributed by atoms with Crippen LogP contribution >= 0.6 is 11.3 Å². The van der Waals surface area contributed by atoms with Gasteiger partial charge in [0.1, 0.15) is 0 Å². The number of pyridine rings is 1. The Morgan fingerprint density at radius 3 is 3.18 bits per heavy atom. The van der Waals surface area contributed by atoms with Crippen molar-refractivity contribution >= 4 is 27.2 Å². The van der Waals surface area contributed by atoms with Gasteiger partial charge in [0.25, 0.3) is 0 Å². The third-order valence-electron chi connectivity index (χ3n) is 1.61. The van der Waals surface area contributed by atoms with Crippen molar-refractivity contribution in [3.63, 3.8) is 0 Å². The largest absolute Gasteiger partial charge is 0.387 e. The highest BCUT2D eigenvalue weighted by atomic mass is 32.1. The summed E-state index contributed by atoms with van der Waals surface area (Å²) in [4.78, 5) is 4.22. The van der Waals surface area contributed by atoms with E-state index in [9.17, 15) is 0 Å². The minimum atomic E-state index is 1.07. The molecular weight excluding hydrogens is 156 g/mol. The van der Waals surface area contributed by atoms with E-state index in [1.54, 1.807) is 11.3 Å². The first-order valence-corrected chi connectivity index (χ1v) is 4.30. The maximum atomic E-state index is 4.22. The lowest BCUT2D eigenvalue weighted by Gasteiger charge is -1.98. The van der Waals surface area contributed by atoms with Crippen LogP contribution in [0.2, 0.25) is 0 Å². The second kappa shape index (κ2) is 2.51. The van der Waals surface area contributed by atoms with Gasteiger partial charge in [0.2, 0.25) is 0 Å². The van der Waals surface area contributed by atoms with Crippen LogP contribution in [-0.2, 0) is 0 Å². The lowest BCUT2D eigenvalue weighted by molar-refractivity contribution is 1.41. The molecule has 0 amide bonds. The summed E-state index contributed by atoms with van der Waals surface area (Å²) in [7, 11) is 1.93. The predicted octanol–water partition coefficient (Wildman–Crippen LogP) is 2.34. The van der Waals surface area contributed by atoms with Crippen molar-refractivity contribution < 1.29 is 0 Å². The molecule has 0 unspecified atom stereocenters. The van der Waals surface area contributed by atoms with Gasteiger partial charge in [-0.2, -0.15) is 0 Å². The standard InChI is InChI=1S/C8H8N2S/c1-9-6-2-4-10-7-3-5-11-8(6)7/h2-5H,1H3,(H,9,10). The predicted molar refractivity (Wildman–Crippen MR) is 49.2 cm³/mol.